The molecule has 3 aromatic rings. The van der Waals surface area contributed by atoms with Gasteiger partial charge in [-0.1, -0.05) is 25.1 Å². The third kappa shape index (κ3) is 6.63. The summed E-state index contributed by atoms with van der Waals surface area (Å²) in [4.78, 5) is 24.8. The smallest absolute Gasteiger partial charge is 0.408 e. The maximum atomic E-state index is 15.1. The molecule has 1 amide bonds. The molecule has 2 heterocycles. The van der Waals surface area contributed by atoms with Crippen molar-refractivity contribution >= 4 is 17.0 Å². The number of nitriles is 1. The molecule has 4 rings (SSSR count). The Morgan fingerprint density at radius 2 is 2.11 bits per heavy atom. The molecule has 0 bridgehead atoms. The number of nitrogens with zero attached hydrogens (tertiary/aromatic N) is 2. The van der Waals surface area contributed by atoms with Gasteiger partial charge in [-0.05, 0) is 54.3 Å². The third-order valence-corrected chi connectivity index (χ3v) is 6.20. The van der Waals surface area contributed by atoms with Crippen molar-refractivity contribution in [1.82, 2.24) is 15.2 Å². The van der Waals surface area contributed by atoms with Crippen LogP contribution in [-0.2, 0) is 27.2 Å². The number of halogens is 1. The number of amides is 1. The van der Waals surface area contributed by atoms with E-state index in [1.165, 1.54) is 10.6 Å². The van der Waals surface area contributed by atoms with Crippen molar-refractivity contribution in [3.05, 3.63) is 58.3 Å². The molecule has 0 aliphatic carbocycles. The highest BCUT2D eigenvalue weighted by Crippen LogP contribution is 2.26. The zero-order valence-electron chi connectivity index (χ0n) is 20.8. The molecule has 2 N–H and O–H groups in total. The lowest BCUT2D eigenvalue weighted by molar-refractivity contribution is -0.132. The minimum atomic E-state index is -0.897. The van der Waals surface area contributed by atoms with E-state index in [1.54, 1.807) is 30.3 Å². The van der Waals surface area contributed by atoms with Crippen molar-refractivity contribution < 1.29 is 23.1 Å². The zero-order chi connectivity index (χ0) is 26.2. The van der Waals surface area contributed by atoms with Gasteiger partial charge in [0, 0.05) is 26.2 Å². The molecule has 9 nitrogen and oxygen atoms in total. The highest BCUT2D eigenvalue weighted by atomic mass is 19.1. The molecule has 1 aromatic heterocycles. The summed E-state index contributed by atoms with van der Waals surface area (Å²) in [6.07, 6.45) is 1.04. The summed E-state index contributed by atoms with van der Waals surface area (Å²) in [7, 11) is 0. The Morgan fingerprint density at radius 1 is 1.30 bits per heavy atom. The molecule has 37 heavy (non-hydrogen) atoms. The first kappa shape index (κ1) is 26.5. The minimum Gasteiger partial charge on any atom is -0.408 e. The lowest BCUT2D eigenvalue weighted by atomic mass is 10.00. The van der Waals surface area contributed by atoms with Crippen LogP contribution in [0.3, 0.4) is 0 Å². The fourth-order valence-electron chi connectivity index (χ4n) is 4.24. The van der Waals surface area contributed by atoms with Gasteiger partial charge in [0.05, 0.1) is 24.7 Å². The Morgan fingerprint density at radius 3 is 2.89 bits per heavy atom. The van der Waals surface area contributed by atoms with Gasteiger partial charge in [0.15, 0.2) is 5.58 Å². The van der Waals surface area contributed by atoms with Gasteiger partial charge in [-0.2, -0.15) is 5.26 Å². The molecular weight excluding hydrogens is 479 g/mol. The number of oxazole rings is 1. The molecule has 1 aliphatic heterocycles. The predicted molar refractivity (Wildman–Crippen MR) is 135 cm³/mol. The number of hydrogen-bond acceptors (Lipinski definition) is 7. The second-order valence-corrected chi connectivity index (χ2v) is 8.93. The summed E-state index contributed by atoms with van der Waals surface area (Å²) < 4.78 is 32.9. The minimum absolute atomic E-state index is 0.0204. The van der Waals surface area contributed by atoms with E-state index in [0.29, 0.717) is 60.7 Å². The first-order chi connectivity index (χ1) is 18.0. The van der Waals surface area contributed by atoms with Gasteiger partial charge in [0.2, 0.25) is 0 Å². The van der Waals surface area contributed by atoms with E-state index >= 15 is 4.39 Å². The van der Waals surface area contributed by atoms with Crippen LogP contribution >= 0.6 is 0 Å². The Bertz CT molecular complexity index is 1320. The quantitative estimate of drug-likeness (QED) is 0.403. The third-order valence-electron chi connectivity index (χ3n) is 6.20. The summed E-state index contributed by atoms with van der Waals surface area (Å²) in [6.45, 7) is 4.96. The molecule has 1 fully saturated rings. The number of hydrogen-bond donors (Lipinski definition) is 2. The van der Waals surface area contributed by atoms with Gasteiger partial charge >= 0.3 is 5.76 Å². The summed E-state index contributed by atoms with van der Waals surface area (Å²) in [5, 5.41) is 15.3. The van der Waals surface area contributed by atoms with Gasteiger partial charge in [-0.3, -0.25) is 9.36 Å². The SMILES string of the molecule is CCCOCCn1c(=O)oc2ccc(-c3ccc(C[C@@H](C#N)NC(=O)[C@@H]4CNCCCO4)c(F)c3)cc21. The van der Waals surface area contributed by atoms with Crippen LogP contribution in [0, 0.1) is 17.1 Å². The van der Waals surface area contributed by atoms with Crippen molar-refractivity contribution in [2.75, 3.05) is 32.9 Å². The van der Waals surface area contributed by atoms with Gasteiger partial charge in [0.25, 0.3) is 5.91 Å². The molecular formula is C27H31FN4O5. The molecule has 0 saturated carbocycles. The number of nitrogens with one attached hydrogen (secondary N) is 2. The molecule has 0 radical (unpaired) electrons. The van der Waals surface area contributed by atoms with Crippen LogP contribution in [0.4, 0.5) is 4.39 Å². The van der Waals surface area contributed by atoms with Crippen LogP contribution in [0.15, 0.2) is 45.6 Å². The Hall–Kier alpha value is -3.52. The first-order valence-corrected chi connectivity index (χ1v) is 12.5. The summed E-state index contributed by atoms with van der Waals surface area (Å²) in [5.74, 6) is -1.35. The molecule has 196 valence electrons. The van der Waals surface area contributed by atoms with Crippen LogP contribution in [0.25, 0.3) is 22.2 Å². The molecule has 1 saturated heterocycles. The lowest BCUT2D eigenvalue weighted by Crippen LogP contribution is -2.46. The van der Waals surface area contributed by atoms with E-state index in [0.717, 1.165) is 19.4 Å². The van der Waals surface area contributed by atoms with Crippen molar-refractivity contribution in [1.29, 1.82) is 5.26 Å². The second-order valence-electron chi connectivity index (χ2n) is 8.93. The first-order valence-electron chi connectivity index (χ1n) is 12.5. The number of aromatic nitrogens is 1. The van der Waals surface area contributed by atoms with Gasteiger partial charge < -0.3 is 24.5 Å². The zero-order valence-corrected chi connectivity index (χ0v) is 20.8. The molecule has 0 spiro atoms. The number of fused-ring (bicyclic) bond motifs is 1. The fourth-order valence-corrected chi connectivity index (χ4v) is 4.24. The van der Waals surface area contributed by atoms with E-state index in [-0.39, 0.29) is 6.42 Å². The molecule has 2 atom stereocenters. The summed E-state index contributed by atoms with van der Waals surface area (Å²) in [5.41, 5.74) is 2.69. The number of ether oxygens (including phenoxy) is 2. The Labute approximate surface area is 214 Å². The highest BCUT2D eigenvalue weighted by Gasteiger charge is 2.24. The standard InChI is InChI=1S/C27H31FN4O5/c1-2-10-35-12-9-32-23-15-19(6-7-24(23)37-27(32)34)18-4-5-20(22(28)14-18)13-21(16-29)31-26(33)25-17-30-8-3-11-36-25/h4-7,14-15,21,25,30H,2-3,8-13,17H2,1H3,(H,31,33)/t21-,25-/m0/s1. The average molecular weight is 511 g/mol. The number of carbonyl (C=O) groups is 1. The largest absolute Gasteiger partial charge is 0.420 e. The fraction of sp³-hybridized carbons (Fsp3) is 0.444. The topological polar surface area (TPSA) is 119 Å². The maximum Gasteiger partial charge on any atom is 0.420 e. The van der Waals surface area contributed by atoms with Gasteiger partial charge in [-0.25, -0.2) is 9.18 Å². The van der Waals surface area contributed by atoms with Crippen LogP contribution in [0.1, 0.15) is 25.3 Å². The number of benzene rings is 2. The Balaban J connectivity index is 1.47. The van der Waals surface area contributed by atoms with E-state index in [9.17, 15) is 14.9 Å². The molecule has 1 aliphatic rings. The van der Waals surface area contributed by atoms with Crippen molar-refractivity contribution in [2.24, 2.45) is 0 Å². The molecule has 2 aromatic carbocycles. The van der Waals surface area contributed by atoms with E-state index in [2.05, 4.69) is 10.6 Å². The van der Waals surface area contributed by atoms with Crippen LogP contribution < -0.4 is 16.4 Å². The predicted octanol–water partition coefficient (Wildman–Crippen LogP) is 2.76. The van der Waals surface area contributed by atoms with Crippen molar-refractivity contribution in [3.63, 3.8) is 0 Å². The van der Waals surface area contributed by atoms with Crippen LogP contribution in [-0.4, -0.2) is 55.5 Å². The lowest BCUT2D eigenvalue weighted by Gasteiger charge is -2.18. The highest BCUT2D eigenvalue weighted by molar-refractivity contribution is 5.82. The molecule has 10 heteroatoms. The normalized spacial score (nSPS) is 16.7. The van der Waals surface area contributed by atoms with Crippen LogP contribution in [0.2, 0.25) is 0 Å². The van der Waals surface area contributed by atoms with Crippen molar-refractivity contribution in [3.8, 4) is 17.2 Å². The Kier molecular flexibility index (Phi) is 9.06. The van der Waals surface area contributed by atoms with E-state index < -0.39 is 29.6 Å². The van der Waals surface area contributed by atoms with Gasteiger partial charge in [0.1, 0.15) is 18.0 Å². The van der Waals surface area contributed by atoms with Crippen LogP contribution in [0.5, 0.6) is 0 Å². The summed E-state index contributed by atoms with van der Waals surface area (Å²) >= 11 is 0. The van der Waals surface area contributed by atoms with Gasteiger partial charge in [-0.15, -0.1) is 0 Å². The monoisotopic (exact) mass is 510 g/mol. The van der Waals surface area contributed by atoms with E-state index in [1.807, 2.05) is 13.0 Å². The second kappa shape index (κ2) is 12.6. The van der Waals surface area contributed by atoms with Crippen molar-refractivity contribution in [2.45, 2.75) is 44.9 Å². The average Bonchev–Trinajstić information content (AvgIpc) is 3.04. The maximum absolute atomic E-state index is 15.1. The van der Waals surface area contributed by atoms with E-state index in [4.69, 9.17) is 13.9 Å². The number of carbonyl (C=O) groups excluding carboxylic acids is 1. The molecule has 0 unspecified atom stereocenters. The summed E-state index contributed by atoms with van der Waals surface area (Å²) in [6, 6.07) is 11.1. The number of rotatable bonds is 10.